The van der Waals surface area contributed by atoms with E-state index < -0.39 is 14.2 Å². The summed E-state index contributed by atoms with van der Waals surface area (Å²) in [5.74, 6) is 0. The molecule has 0 amide bonds. The number of benzene rings is 2. The van der Waals surface area contributed by atoms with Gasteiger partial charge in [0.2, 0.25) is 0 Å². The number of para-hydroxylation sites is 1. The minimum atomic E-state index is -4.29. The number of nitrogens with zero attached hydrogens (tertiary/aromatic N) is 1. The maximum Gasteiger partial charge on any atom is 0.438 e. The Kier molecular flexibility index (Phi) is 4.23. The molecule has 2 rings (SSSR count). The molecular weight excluding hydrogens is 274 g/mol. The van der Waals surface area contributed by atoms with Gasteiger partial charge < -0.3 is 0 Å². The molecule has 2 aromatic rings. The molecular formula is C15H18NO3S+. The third kappa shape index (κ3) is 2.75. The molecule has 106 valence electrons. The molecule has 0 fully saturated rings. The van der Waals surface area contributed by atoms with Crippen LogP contribution in [0.25, 0.3) is 0 Å². The summed E-state index contributed by atoms with van der Waals surface area (Å²) in [6.45, 7) is 2.20. The van der Waals surface area contributed by atoms with Crippen molar-refractivity contribution < 1.29 is 13.0 Å². The Hall–Kier alpha value is -1.69. The van der Waals surface area contributed by atoms with Crippen LogP contribution in [0.1, 0.15) is 12.5 Å². The largest absolute Gasteiger partial charge is 0.438 e. The third-order valence-corrected chi connectivity index (χ3v) is 4.94. The van der Waals surface area contributed by atoms with Crippen LogP contribution in [-0.2, 0) is 16.8 Å². The van der Waals surface area contributed by atoms with E-state index in [0.29, 0.717) is 5.69 Å². The number of rotatable bonds is 5. The fourth-order valence-electron chi connectivity index (χ4n) is 2.34. The van der Waals surface area contributed by atoms with Crippen molar-refractivity contribution in [1.82, 2.24) is 3.89 Å². The molecule has 0 bridgehead atoms. The monoisotopic (exact) mass is 292 g/mol. The molecule has 1 N–H and O–H groups in total. The number of quaternary nitrogens is 1. The first-order chi connectivity index (χ1) is 9.49. The molecule has 0 heterocycles. The highest BCUT2D eigenvalue weighted by Crippen LogP contribution is 2.29. The van der Waals surface area contributed by atoms with Crippen molar-refractivity contribution in [3.63, 3.8) is 0 Å². The second-order valence-electron chi connectivity index (χ2n) is 4.63. The van der Waals surface area contributed by atoms with Crippen molar-refractivity contribution in [1.29, 1.82) is 0 Å². The molecule has 0 aliphatic carbocycles. The zero-order valence-corrected chi connectivity index (χ0v) is 12.1. The van der Waals surface area contributed by atoms with Gasteiger partial charge in [-0.2, -0.15) is 3.89 Å². The Morgan fingerprint density at radius 1 is 0.950 bits per heavy atom. The van der Waals surface area contributed by atoms with Crippen LogP contribution in [0.5, 0.6) is 0 Å². The highest BCUT2D eigenvalue weighted by atomic mass is 32.2. The van der Waals surface area contributed by atoms with E-state index in [2.05, 4.69) is 0 Å². The molecule has 1 atom stereocenters. The van der Waals surface area contributed by atoms with Crippen LogP contribution in [0.3, 0.4) is 0 Å². The maximum atomic E-state index is 12.0. The molecule has 0 spiro atoms. The van der Waals surface area contributed by atoms with Crippen LogP contribution in [-0.4, -0.2) is 19.5 Å². The summed E-state index contributed by atoms with van der Waals surface area (Å²) in [5, 5.41) is 0. The van der Waals surface area contributed by atoms with Gasteiger partial charge in [-0.3, -0.25) is 0 Å². The van der Waals surface area contributed by atoms with Crippen LogP contribution in [0.4, 0.5) is 5.69 Å². The van der Waals surface area contributed by atoms with Crippen LogP contribution in [0, 0.1) is 0 Å². The van der Waals surface area contributed by atoms with Gasteiger partial charge >= 0.3 is 10.3 Å². The van der Waals surface area contributed by atoms with Crippen LogP contribution < -0.4 is 3.89 Å². The molecule has 0 aliphatic rings. The second kappa shape index (κ2) is 5.75. The fraction of sp³-hybridized carbons (Fsp3) is 0.200. The van der Waals surface area contributed by atoms with E-state index in [1.54, 1.807) is 31.2 Å². The standard InChI is InChI=1S/C15H17NO3S/c1-2-16(20(17,18)19,15-11-7-4-8-12-15)13-14-9-5-3-6-10-14/h3-12H,2,13H2,1H3/p+1. The average Bonchev–Trinajstić information content (AvgIpc) is 2.45. The predicted molar refractivity (Wildman–Crippen MR) is 80.5 cm³/mol. The van der Waals surface area contributed by atoms with Gasteiger partial charge in [-0.25, -0.2) is 4.55 Å². The van der Waals surface area contributed by atoms with E-state index in [1.807, 2.05) is 36.4 Å². The Bertz CT molecular complexity index is 656. The molecule has 2 aromatic carbocycles. The predicted octanol–water partition coefficient (Wildman–Crippen LogP) is 3.02. The lowest BCUT2D eigenvalue weighted by atomic mass is 10.2. The topological polar surface area (TPSA) is 54.4 Å². The van der Waals surface area contributed by atoms with E-state index >= 15 is 0 Å². The first-order valence-corrected chi connectivity index (χ1v) is 7.83. The molecule has 0 aliphatic heterocycles. The van der Waals surface area contributed by atoms with E-state index in [-0.39, 0.29) is 13.1 Å². The quantitative estimate of drug-likeness (QED) is 0.681. The van der Waals surface area contributed by atoms with Crippen LogP contribution >= 0.6 is 0 Å². The summed E-state index contributed by atoms with van der Waals surface area (Å²) >= 11 is 0. The summed E-state index contributed by atoms with van der Waals surface area (Å²) in [6.07, 6.45) is 0. The molecule has 0 saturated heterocycles. The van der Waals surface area contributed by atoms with Gasteiger partial charge in [0.15, 0.2) is 0 Å². The van der Waals surface area contributed by atoms with E-state index in [9.17, 15) is 13.0 Å². The molecule has 5 heteroatoms. The summed E-state index contributed by atoms with van der Waals surface area (Å²) in [5.41, 5.74) is 1.41. The van der Waals surface area contributed by atoms with Crippen molar-refractivity contribution in [2.45, 2.75) is 13.5 Å². The van der Waals surface area contributed by atoms with Gasteiger partial charge in [0.25, 0.3) is 0 Å². The summed E-state index contributed by atoms with van der Waals surface area (Å²) in [4.78, 5) is 0. The van der Waals surface area contributed by atoms with Gasteiger partial charge in [0.1, 0.15) is 12.2 Å². The van der Waals surface area contributed by atoms with Gasteiger partial charge in [0, 0.05) is 17.7 Å². The Morgan fingerprint density at radius 3 is 1.90 bits per heavy atom. The van der Waals surface area contributed by atoms with Crippen LogP contribution in [0.2, 0.25) is 0 Å². The summed E-state index contributed by atoms with van der Waals surface area (Å²) < 4.78 is 33.3. The Balaban J connectivity index is 2.56. The Labute approximate surface area is 119 Å². The van der Waals surface area contributed by atoms with Gasteiger partial charge in [0.05, 0.1) is 6.54 Å². The smallest absolute Gasteiger partial charge is 0.241 e. The molecule has 1 unspecified atom stereocenters. The van der Waals surface area contributed by atoms with Crippen molar-refractivity contribution in [3.05, 3.63) is 66.2 Å². The van der Waals surface area contributed by atoms with Gasteiger partial charge in [-0.1, -0.05) is 48.5 Å². The summed E-state index contributed by atoms with van der Waals surface area (Å²) in [6, 6.07) is 18.1. The van der Waals surface area contributed by atoms with Gasteiger partial charge in [-0.05, 0) is 6.92 Å². The lowest BCUT2D eigenvalue weighted by Gasteiger charge is -2.32. The lowest BCUT2D eigenvalue weighted by Crippen LogP contribution is -2.52. The van der Waals surface area contributed by atoms with E-state index in [4.69, 9.17) is 0 Å². The van der Waals surface area contributed by atoms with Crippen molar-refractivity contribution in [3.8, 4) is 0 Å². The molecule has 20 heavy (non-hydrogen) atoms. The van der Waals surface area contributed by atoms with E-state index in [0.717, 1.165) is 5.56 Å². The summed E-state index contributed by atoms with van der Waals surface area (Å²) in [7, 11) is -4.29. The van der Waals surface area contributed by atoms with Gasteiger partial charge in [-0.15, -0.1) is 8.42 Å². The first-order valence-electron chi connectivity index (χ1n) is 6.44. The maximum absolute atomic E-state index is 12.0. The fourth-order valence-corrected chi connectivity index (χ4v) is 3.37. The average molecular weight is 292 g/mol. The third-order valence-electron chi connectivity index (χ3n) is 3.46. The van der Waals surface area contributed by atoms with Crippen molar-refractivity contribution >= 4 is 16.0 Å². The SMILES string of the molecule is CC[N+](Cc1ccccc1)(c1ccccc1)S(=O)(=O)O. The first kappa shape index (κ1) is 14.7. The normalized spacial score (nSPS) is 14.7. The lowest BCUT2D eigenvalue weighted by molar-refractivity contribution is 0.352. The minimum absolute atomic E-state index is 0.195. The van der Waals surface area contributed by atoms with Crippen LogP contribution in [0.15, 0.2) is 60.7 Å². The Morgan fingerprint density at radius 2 is 1.45 bits per heavy atom. The minimum Gasteiger partial charge on any atom is -0.241 e. The zero-order valence-electron chi connectivity index (χ0n) is 11.3. The van der Waals surface area contributed by atoms with E-state index in [1.165, 1.54) is 0 Å². The number of hydrogen-bond acceptors (Lipinski definition) is 2. The highest BCUT2D eigenvalue weighted by Gasteiger charge is 2.41. The highest BCUT2D eigenvalue weighted by molar-refractivity contribution is 7.85. The zero-order chi connectivity index (χ0) is 14.6. The number of hydrogen-bond donors (Lipinski definition) is 1. The molecule has 0 aromatic heterocycles. The van der Waals surface area contributed by atoms with Crippen molar-refractivity contribution in [2.75, 3.05) is 6.54 Å². The van der Waals surface area contributed by atoms with Crippen molar-refractivity contribution in [2.24, 2.45) is 0 Å². The second-order valence-corrected chi connectivity index (χ2v) is 6.23. The molecule has 4 nitrogen and oxygen atoms in total. The molecule has 0 saturated carbocycles. The molecule has 0 radical (unpaired) electrons.